The van der Waals surface area contributed by atoms with Gasteiger partial charge in [-0.2, -0.15) is 0 Å². The molecule has 0 atom stereocenters. The van der Waals surface area contributed by atoms with Gasteiger partial charge in [0.2, 0.25) is 0 Å². The van der Waals surface area contributed by atoms with E-state index in [2.05, 4.69) is 0 Å². The van der Waals surface area contributed by atoms with Crippen molar-refractivity contribution < 1.29 is 14.2 Å². The minimum Gasteiger partial charge on any atom is -0.378 e. The summed E-state index contributed by atoms with van der Waals surface area (Å²) in [6.45, 7) is 5.66. The molecule has 0 unspecified atom stereocenters. The summed E-state index contributed by atoms with van der Waals surface area (Å²) < 4.78 is 17.4. The third-order valence-corrected chi connectivity index (χ3v) is 4.65. The Hall–Kier alpha value is -1.39. The van der Waals surface area contributed by atoms with E-state index in [9.17, 15) is 14.7 Å². The van der Waals surface area contributed by atoms with Crippen LogP contribution in [0.3, 0.4) is 0 Å². The van der Waals surface area contributed by atoms with E-state index >= 15 is 0 Å². The zero-order valence-electron chi connectivity index (χ0n) is 11.0. The monoisotopic (exact) mass is 284 g/mol. The molecule has 0 bridgehead atoms. The maximum absolute atomic E-state index is 12.1. The SMILES string of the molecule is CP(C)(=O)c1ccc([N+](=O)[O-])c(N2CCOCC2)c1. The van der Waals surface area contributed by atoms with E-state index < -0.39 is 12.1 Å². The fourth-order valence-corrected chi connectivity index (χ4v) is 2.93. The molecular weight excluding hydrogens is 267 g/mol. The minimum atomic E-state index is -2.43. The van der Waals surface area contributed by atoms with Crippen LogP contribution in [0.2, 0.25) is 0 Å². The van der Waals surface area contributed by atoms with Crippen molar-refractivity contribution in [2.75, 3.05) is 44.5 Å². The average Bonchev–Trinajstić information content (AvgIpc) is 2.38. The molecule has 1 fully saturated rings. The summed E-state index contributed by atoms with van der Waals surface area (Å²) in [5.41, 5.74) is 0.592. The Morgan fingerprint density at radius 2 is 1.95 bits per heavy atom. The van der Waals surface area contributed by atoms with Crippen molar-refractivity contribution in [1.82, 2.24) is 0 Å². The van der Waals surface area contributed by atoms with Crippen LogP contribution in [-0.2, 0) is 9.30 Å². The quantitative estimate of drug-likeness (QED) is 0.479. The van der Waals surface area contributed by atoms with Crippen molar-refractivity contribution >= 4 is 23.8 Å². The van der Waals surface area contributed by atoms with Gasteiger partial charge in [-0.15, -0.1) is 0 Å². The fourth-order valence-electron chi connectivity index (χ4n) is 2.06. The highest BCUT2D eigenvalue weighted by Crippen LogP contribution is 2.38. The van der Waals surface area contributed by atoms with E-state index in [1.165, 1.54) is 6.07 Å². The number of hydrogen-bond donors (Lipinski definition) is 0. The molecule has 0 amide bonds. The topological polar surface area (TPSA) is 72.7 Å². The Balaban J connectivity index is 2.47. The lowest BCUT2D eigenvalue weighted by Crippen LogP contribution is -2.37. The number of benzene rings is 1. The highest BCUT2D eigenvalue weighted by Gasteiger charge is 2.24. The summed E-state index contributed by atoms with van der Waals surface area (Å²) in [6, 6.07) is 4.72. The van der Waals surface area contributed by atoms with Crippen LogP contribution in [0.4, 0.5) is 11.4 Å². The van der Waals surface area contributed by atoms with E-state index in [1.54, 1.807) is 25.5 Å². The third kappa shape index (κ3) is 3.14. The molecule has 1 aliphatic rings. The van der Waals surface area contributed by atoms with Crippen molar-refractivity contribution in [3.8, 4) is 0 Å². The molecule has 104 valence electrons. The van der Waals surface area contributed by atoms with Gasteiger partial charge in [0, 0.05) is 24.5 Å². The van der Waals surface area contributed by atoms with Gasteiger partial charge in [-0.25, -0.2) is 0 Å². The zero-order valence-corrected chi connectivity index (χ0v) is 11.9. The second kappa shape index (κ2) is 5.31. The molecule has 1 aromatic rings. The molecule has 0 N–H and O–H groups in total. The van der Waals surface area contributed by atoms with Crippen molar-refractivity contribution in [3.63, 3.8) is 0 Å². The fraction of sp³-hybridized carbons (Fsp3) is 0.500. The molecule has 1 heterocycles. The Kier molecular flexibility index (Phi) is 3.92. The standard InChI is InChI=1S/C12H17N2O4P/c1-19(2,17)10-3-4-11(14(15)16)12(9-10)13-5-7-18-8-6-13/h3-4,9H,5-8H2,1-2H3. The van der Waals surface area contributed by atoms with Gasteiger partial charge in [0.1, 0.15) is 12.8 Å². The first kappa shape index (κ1) is 14.0. The molecule has 1 aromatic carbocycles. The summed E-state index contributed by atoms with van der Waals surface area (Å²) in [6.07, 6.45) is 0. The van der Waals surface area contributed by atoms with Crippen LogP contribution in [0.1, 0.15) is 0 Å². The van der Waals surface area contributed by atoms with Gasteiger partial charge in [-0.05, 0) is 25.5 Å². The highest BCUT2D eigenvalue weighted by molar-refractivity contribution is 7.70. The summed E-state index contributed by atoms with van der Waals surface area (Å²) in [4.78, 5) is 12.6. The van der Waals surface area contributed by atoms with Crippen LogP contribution in [0.15, 0.2) is 18.2 Å². The lowest BCUT2D eigenvalue weighted by Gasteiger charge is -2.29. The third-order valence-electron chi connectivity index (χ3n) is 3.13. The molecule has 0 saturated carbocycles. The van der Waals surface area contributed by atoms with Crippen LogP contribution in [0.25, 0.3) is 0 Å². The average molecular weight is 284 g/mol. The maximum atomic E-state index is 12.1. The summed E-state index contributed by atoms with van der Waals surface area (Å²) in [5, 5.41) is 11.8. The smallest absolute Gasteiger partial charge is 0.292 e. The van der Waals surface area contributed by atoms with E-state index in [0.29, 0.717) is 37.3 Å². The number of nitro groups is 1. The molecule has 6 nitrogen and oxygen atoms in total. The van der Waals surface area contributed by atoms with Crippen LogP contribution in [0.5, 0.6) is 0 Å². The predicted octanol–water partition coefficient (Wildman–Crippen LogP) is 1.68. The molecule has 0 spiro atoms. The zero-order chi connectivity index (χ0) is 14.0. The molecule has 1 saturated heterocycles. The molecule has 0 aromatic heterocycles. The Labute approximate surface area is 111 Å². The van der Waals surface area contributed by atoms with E-state index in [1.807, 2.05) is 4.90 Å². The van der Waals surface area contributed by atoms with Crippen molar-refractivity contribution in [3.05, 3.63) is 28.3 Å². The summed E-state index contributed by atoms with van der Waals surface area (Å²) in [7, 11) is -2.43. The summed E-state index contributed by atoms with van der Waals surface area (Å²) in [5.74, 6) is 0. The Morgan fingerprint density at radius 1 is 1.32 bits per heavy atom. The van der Waals surface area contributed by atoms with E-state index in [4.69, 9.17) is 4.74 Å². The second-order valence-corrected chi connectivity index (χ2v) is 8.10. The second-order valence-electron chi connectivity index (χ2n) is 4.88. The van der Waals surface area contributed by atoms with Gasteiger partial charge in [0.25, 0.3) is 5.69 Å². The van der Waals surface area contributed by atoms with Gasteiger partial charge in [0.05, 0.1) is 18.1 Å². The molecule has 7 heteroatoms. The number of nitro benzene ring substituents is 1. The van der Waals surface area contributed by atoms with Gasteiger partial charge < -0.3 is 14.2 Å². The Bertz CT molecular complexity index is 535. The molecule has 1 aliphatic heterocycles. The van der Waals surface area contributed by atoms with Gasteiger partial charge in [-0.3, -0.25) is 10.1 Å². The largest absolute Gasteiger partial charge is 0.378 e. The van der Waals surface area contributed by atoms with Gasteiger partial charge >= 0.3 is 0 Å². The minimum absolute atomic E-state index is 0.0547. The first-order valence-corrected chi connectivity index (χ1v) is 8.66. The molecule has 0 radical (unpaired) electrons. The number of nitrogens with zero attached hydrogens (tertiary/aromatic N) is 2. The number of morpholine rings is 1. The number of anilines is 1. The highest BCUT2D eigenvalue weighted by atomic mass is 31.2. The van der Waals surface area contributed by atoms with Crippen LogP contribution in [-0.4, -0.2) is 44.6 Å². The molecular formula is C12H17N2O4P. The molecule has 19 heavy (non-hydrogen) atoms. The normalized spacial score (nSPS) is 16.4. The van der Waals surface area contributed by atoms with Crippen LogP contribution in [0, 0.1) is 10.1 Å². The first-order valence-electron chi connectivity index (χ1n) is 6.06. The van der Waals surface area contributed by atoms with Gasteiger partial charge in [-0.1, -0.05) is 0 Å². The lowest BCUT2D eigenvalue weighted by atomic mass is 10.2. The number of hydrogen-bond acceptors (Lipinski definition) is 5. The predicted molar refractivity (Wildman–Crippen MR) is 75.2 cm³/mol. The van der Waals surface area contributed by atoms with Crippen molar-refractivity contribution in [2.45, 2.75) is 0 Å². The van der Waals surface area contributed by atoms with E-state index in [-0.39, 0.29) is 5.69 Å². The molecule has 0 aliphatic carbocycles. The number of rotatable bonds is 3. The number of ether oxygens (including phenoxy) is 1. The van der Waals surface area contributed by atoms with Crippen molar-refractivity contribution in [1.29, 1.82) is 0 Å². The van der Waals surface area contributed by atoms with Crippen LogP contribution < -0.4 is 10.2 Å². The lowest BCUT2D eigenvalue weighted by molar-refractivity contribution is -0.384. The molecule has 2 rings (SSSR count). The van der Waals surface area contributed by atoms with Crippen LogP contribution >= 0.6 is 7.14 Å². The van der Waals surface area contributed by atoms with E-state index in [0.717, 1.165) is 0 Å². The summed E-state index contributed by atoms with van der Waals surface area (Å²) >= 11 is 0. The first-order chi connectivity index (χ1) is 8.89. The maximum Gasteiger partial charge on any atom is 0.292 e. The van der Waals surface area contributed by atoms with Gasteiger partial charge in [0.15, 0.2) is 0 Å². The van der Waals surface area contributed by atoms with Crippen molar-refractivity contribution in [2.24, 2.45) is 0 Å². The Morgan fingerprint density at radius 3 is 2.47 bits per heavy atom.